The fourth-order valence-corrected chi connectivity index (χ4v) is 1.82. The summed E-state index contributed by atoms with van der Waals surface area (Å²) >= 11 is 0. The van der Waals surface area contributed by atoms with Gasteiger partial charge in [-0.3, -0.25) is 0 Å². The molecule has 0 aliphatic rings. The Morgan fingerprint density at radius 3 is 2.12 bits per heavy atom. The average Bonchev–Trinajstić information content (AvgIpc) is 2.07. The summed E-state index contributed by atoms with van der Waals surface area (Å²) < 4.78 is 29.0. The van der Waals surface area contributed by atoms with Gasteiger partial charge in [0.15, 0.2) is 0 Å². The maximum Gasteiger partial charge on any atom is 0.387 e. The number of benzene rings is 1. The number of alkyl halides is 2. The van der Waals surface area contributed by atoms with Crippen molar-refractivity contribution >= 4 is 0 Å². The van der Waals surface area contributed by atoms with E-state index in [1.807, 2.05) is 19.9 Å². The quantitative estimate of drug-likeness (QED) is 0.737. The van der Waals surface area contributed by atoms with Crippen molar-refractivity contribution in [2.24, 2.45) is 0 Å². The number of aryl methyl sites for hydroxylation is 1. The molecular weight excluding hydrogens is 210 g/mol. The number of ether oxygens (including phenoxy) is 1. The predicted molar refractivity (Wildman–Crippen MR) is 61.2 cm³/mol. The lowest BCUT2D eigenvalue weighted by Crippen LogP contribution is -2.15. The molecule has 0 saturated carbocycles. The zero-order valence-electron chi connectivity index (χ0n) is 10.4. The van der Waals surface area contributed by atoms with Crippen LogP contribution in [0.2, 0.25) is 0 Å². The molecule has 1 nitrogen and oxygen atoms in total. The Morgan fingerprint density at radius 2 is 1.69 bits per heavy atom. The summed E-state index contributed by atoms with van der Waals surface area (Å²) in [6.45, 7) is 7.10. The lowest BCUT2D eigenvalue weighted by atomic mass is 9.83. The highest BCUT2D eigenvalue weighted by Gasteiger charge is 2.20. The second kappa shape index (κ2) is 4.40. The van der Waals surface area contributed by atoms with Gasteiger partial charge in [0, 0.05) is 0 Å². The lowest BCUT2D eigenvalue weighted by Gasteiger charge is -2.24. The first-order chi connectivity index (χ1) is 7.21. The molecular formula is C13H18F2O. The SMILES string of the molecule is Cc1cc(OC(F)F)c(C)c(C(C)(C)C)c1. The molecule has 0 radical (unpaired) electrons. The lowest BCUT2D eigenvalue weighted by molar-refractivity contribution is -0.0504. The minimum Gasteiger partial charge on any atom is -0.435 e. The summed E-state index contributed by atoms with van der Waals surface area (Å²) in [7, 11) is 0. The molecule has 0 spiro atoms. The van der Waals surface area contributed by atoms with Crippen LogP contribution < -0.4 is 4.74 Å². The summed E-state index contributed by atoms with van der Waals surface area (Å²) in [6, 6.07) is 3.67. The van der Waals surface area contributed by atoms with Gasteiger partial charge in [0.1, 0.15) is 5.75 Å². The molecule has 0 bridgehead atoms. The van der Waals surface area contributed by atoms with Gasteiger partial charge < -0.3 is 4.74 Å². The van der Waals surface area contributed by atoms with E-state index in [9.17, 15) is 8.78 Å². The van der Waals surface area contributed by atoms with E-state index >= 15 is 0 Å². The molecule has 0 atom stereocenters. The normalized spacial score (nSPS) is 12.0. The van der Waals surface area contributed by atoms with Crippen molar-refractivity contribution in [3.05, 3.63) is 28.8 Å². The van der Waals surface area contributed by atoms with Crippen molar-refractivity contribution in [3.63, 3.8) is 0 Å². The molecule has 0 aliphatic heterocycles. The molecule has 0 amide bonds. The van der Waals surface area contributed by atoms with Crippen LogP contribution in [-0.2, 0) is 5.41 Å². The van der Waals surface area contributed by atoms with Crippen molar-refractivity contribution < 1.29 is 13.5 Å². The standard InChI is InChI=1S/C13H18F2O/c1-8-6-10(13(3,4)5)9(2)11(7-8)16-12(14)15/h6-7,12H,1-5H3. The van der Waals surface area contributed by atoms with Gasteiger partial charge >= 0.3 is 6.61 Å². The largest absolute Gasteiger partial charge is 0.435 e. The summed E-state index contributed by atoms with van der Waals surface area (Å²) in [5.74, 6) is 0.278. The van der Waals surface area contributed by atoms with Crippen molar-refractivity contribution in [3.8, 4) is 5.75 Å². The zero-order valence-corrected chi connectivity index (χ0v) is 10.4. The second-order valence-corrected chi connectivity index (χ2v) is 5.06. The predicted octanol–water partition coefficient (Wildman–Crippen LogP) is 4.20. The van der Waals surface area contributed by atoms with E-state index in [2.05, 4.69) is 25.5 Å². The van der Waals surface area contributed by atoms with Gasteiger partial charge in [-0.1, -0.05) is 26.8 Å². The van der Waals surface area contributed by atoms with E-state index in [1.165, 1.54) is 0 Å². The summed E-state index contributed by atoms with van der Waals surface area (Å²) in [4.78, 5) is 0. The van der Waals surface area contributed by atoms with E-state index in [0.717, 1.165) is 16.7 Å². The van der Waals surface area contributed by atoms with Crippen LogP contribution in [0, 0.1) is 13.8 Å². The molecule has 0 saturated heterocycles. The molecule has 1 aromatic rings. The van der Waals surface area contributed by atoms with Crippen molar-refractivity contribution in [1.29, 1.82) is 0 Å². The number of halogens is 2. The van der Waals surface area contributed by atoms with Gasteiger partial charge in [-0.15, -0.1) is 0 Å². The Balaban J connectivity index is 3.26. The first-order valence-electron chi connectivity index (χ1n) is 5.28. The van der Waals surface area contributed by atoms with Gasteiger partial charge in [0.05, 0.1) is 0 Å². The van der Waals surface area contributed by atoms with Crippen LogP contribution in [0.4, 0.5) is 8.78 Å². The van der Waals surface area contributed by atoms with Crippen molar-refractivity contribution in [1.82, 2.24) is 0 Å². The Morgan fingerprint density at radius 1 is 1.12 bits per heavy atom. The third-order valence-electron chi connectivity index (χ3n) is 2.53. The molecule has 0 aromatic heterocycles. The highest BCUT2D eigenvalue weighted by Crippen LogP contribution is 2.33. The molecule has 16 heavy (non-hydrogen) atoms. The Kier molecular flexibility index (Phi) is 3.56. The van der Waals surface area contributed by atoms with Crippen molar-refractivity contribution in [2.75, 3.05) is 0 Å². The summed E-state index contributed by atoms with van der Waals surface area (Å²) in [5, 5.41) is 0. The molecule has 0 aliphatic carbocycles. The van der Waals surface area contributed by atoms with Gasteiger partial charge in [0.25, 0.3) is 0 Å². The van der Waals surface area contributed by atoms with Gasteiger partial charge in [-0.05, 0) is 42.0 Å². The maximum absolute atomic E-state index is 12.2. The van der Waals surface area contributed by atoms with Crippen molar-refractivity contribution in [2.45, 2.75) is 46.6 Å². The van der Waals surface area contributed by atoms with E-state index < -0.39 is 6.61 Å². The number of hydrogen-bond donors (Lipinski definition) is 0. The molecule has 3 heteroatoms. The highest BCUT2D eigenvalue weighted by atomic mass is 19.3. The minimum absolute atomic E-state index is 0.0731. The third-order valence-corrected chi connectivity index (χ3v) is 2.53. The molecule has 0 heterocycles. The number of hydrogen-bond acceptors (Lipinski definition) is 1. The monoisotopic (exact) mass is 228 g/mol. The van der Waals surface area contributed by atoms with Gasteiger partial charge in [-0.2, -0.15) is 8.78 Å². The van der Waals surface area contributed by atoms with Crippen LogP contribution in [0.15, 0.2) is 12.1 Å². The molecule has 0 N–H and O–H groups in total. The Bertz CT molecular complexity index is 378. The molecule has 0 fully saturated rings. The Labute approximate surface area is 95.4 Å². The molecule has 0 unspecified atom stereocenters. The molecule has 90 valence electrons. The summed E-state index contributed by atoms with van der Waals surface area (Å²) in [5.41, 5.74) is 2.70. The molecule has 1 rings (SSSR count). The maximum atomic E-state index is 12.2. The van der Waals surface area contributed by atoms with Crippen LogP contribution in [0.5, 0.6) is 5.75 Å². The average molecular weight is 228 g/mol. The molecule has 1 aromatic carbocycles. The number of rotatable bonds is 2. The van der Waals surface area contributed by atoms with Crippen LogP contribution in [0.3, 0.4) is 0 Å². The zero-order chi connectivity index (χ0) is 12.5. The second-order valence-electron chi connectivity index (χ2n) is 5.06. The van der Waals surface area contributed by atoms with Crippen LogP contribution >= 0.6 is 0 Å². The van der Waals surface area contributed by atoms with Gasteiger partial charge in [-0.25, -0.2) is 0 Å². The van der Waals surface area contributed by atoms with Crippen LogP contribution in [0.1, 0.15) is 37.5 Å². The first-order valence-corrected chi connectivity index (χ1v) is 5.28. The van der Waals surface area contributed by atoms with E-state index in [4.69, 9.17) is 0 Å². The Hall–Kier alpha value is -1.12. The highest BCUT2D eigenvalue weighted by molar-refractivity contribution is 5.45. The third kappa shape index (κ3) is 2.94. The fourth-order valence-electron chi connectivity index (χ4n) is 1.82. The first kappa shape index (κ1) is 12.9. The van der Waals surface area contributed by atoms with Gasteiger partial charge in [0.2, 0.25) is 0 Å². The minimum atomic E-state index is -2.77. The fraction of sp³-hybridized carbons (Fsp3) is 0.538. The van der Waals surface area contributed by atoms with E-state index in [1.54, 1.807) is 6.07 Å². The smallest absolute Gasteiger partial charge is 0.387 e. The topological polar surface area (TPSA) is 9.23 Å². The van der Waals surface area contributed by atoms with Crippen LogP contribution in [-0.4, -0.2) is 6.61 Å². The van der Waals surface area contributed by atoms with E-state index in [-0.39, 0.29) is 11.2 Å². The summed E-state index contributed by atoms with van der Waals surface area (Å²) in [6.07, 6.45) is 0. The van der Waals surface area contributed by atoms with Crippen LogP contribution in [0.25, 0.3) is 0 Å². The van der Waals surface area contributed by atoms with E-state index in [0.29, 0.717) is 0 Å².